The van der Waals surface area contributed by atoms with Crippen LogP contribution >= 0.6 is 11.6 Å². The van der Waals surface area contributed by atoms with Gasteiger partial charge in [0.05, 0.1) is 18.8 Å². The molecule has 3 fully saturated rings. The number of rotatable bonds is 4. The molecular formula is C30H36ClN3O7. The number of halogens is 1. The first kappa shape index (κ1) is 28.2. The second-order valence-corrected chi connectivity index (χ2v) is 12.8. The van der Waals surface area contributed by atoms with E-state index in [0.717, 1.165) is 10.1 Å². The lowest BCUT2D eigenvalue weighted by molar-refractivity contribution is -0.234. The molecule has 8 atom stereocenters. The Kier molecular flexibility index (Phi) is 6.56. The minimum Gasteiger partial charge on any atom is -0.461 e. The highest BCUT2D eigenvalue weighted by atomic mass is 35.5. The van der Waals surface area contributed by atoms with E-state index in [1.54, 1.807) is 31.2 Å². The Morgan fingerprint density at radius 2 is 1.80 bits per heavy atom. The van der Waals surface area contributed by atoms with Crippen molar-refractivity contribution in [1.29, 1.82) is 0 Å². The summed E-state index contributed by atoms with van der Waals surface area (Å²) in [5, 5.41) is 23.5. The number of allylic oxidation sites excluding steroid dienone is 2. The number of Topliss-reactive ketones (excluding diaryl/α,β-unsaturated/α-hetero) is 1. The first-order valence-electron chi connectivity index (χ1n) is 14.3. The number of benzene rings is 1. The zero-order valence-corrected chi connectivity index (χ0v) is 24.2. The number of hydrogen-bond donors (Lipinski definition) is 2. The van der Waals surface area contributed by atoms with Crippen LogP contribution < -0.4 is 11.4 Å². The van der Waals surface area contributed by atoms with E-state index in [1.807, 2.05) is 26.0 Å². The van der Waals surface area contributed by atoms with Crippen LogP contribution in [-0.4, -0.2) is 59.6 Å². The Hall–Kier alpha value is -2.95. The van der Waals surface area contributed by atoms with Gasteiger partial charge in [0.2, 0.25) is 0 Å². The van der Waals surface area contributed by atoms with Crippen molar-refractivity contribution in [2.45, 2.75) is 77.4 Å². The average molecular weight is 586 g/mol. The number of aliphatic hydroxyl groups excluding tert-OH is 1. The monoisotopic (exact) mass is 585 g/mol. The van der Waals surface area contributed by atoms with Crippen LogP contribution in [0.25, 0.3) is 5.69 Å². The summed E-state index contributed by atoms with van der Waals surface area (Å²) in [6.07, 6.45) is 1.36. The molecule has 41 heavy (non-hydrogen) atoms. The minimum atomic E-state index is -1.92. The third kappa shape index (κ3) is 3.56. The number of aromatic nitrogens is 3. The van der Waals surface area contributed by atoms with E-state index in [-0.39, 0.29) is 43.1 Å². The summed E-state index contributed by atoms with van der Waals surface area (Å²) in [4.78, 5) is 53.1. The normalized spacial score (nSPS) is 38.0. The van der Waals surface area contributed by atoms with Gasteiger partial charge in [0.25, 0.3) is 0 Å². The molecule has 0 spiro atoms. The molecule has 2 N–H and O–H groups in total. The van der Waals surface area contributed by atoms with Gasteiger partial charge in [-0.05, 0) is 61.1 Å². The van der Waals surface area contributed by atoms with Gasteiger partial charge >= 0.3 is 17.3 Å². The van der Waals surface area contributed by atoms with Crippen LogP contribution in [0.4, 0.5) is 0 Å². The number of carbonyl (C=O) groups is 2. The highest BCUT2D eigenvalue weighted by molar-refractivity contribution is 6.26. The number of alkyl halides is 1. The van der Waals surface area contributed by atoms with E-state index < -0.39 is 51.8 Å². The molecule has 2 heterocycles. The maximum atomic E-state index is 13.7. The molecule has 3 aliphatic carbocycles. The Morgan fingerprint density at radius 1 is 1.12 bits per heavy atom. The van der Waals surface area contributed by atoms with Crippen molar-refractivity contribution in [3.8, 4) is 5.69 Å². The topological polar surface area (TPSA) is 133 Å². The number of ketones is 1. The van der Waals surface area contributed by atoms with Gasteiger partial charge in [-0.1, -0.05) is 45.0 Å². The fourth-order valence-electron chi connectivity index (χ4n) is 8.84. The molecule has 1 aromatic heterocycles. The predicted octanol–water partition coefficient (Wildman–Crippen LogP) is 2.03. The fraction of sp³-hybridized carbons (Fsp3) is 0.600. The molecule has 2 bridgehead atoms. The molecule has 1 aromatic carbocycles. The zero-order valence-electron chi connectivity index (χ0n) is 23.5. The lowest BCUT2D eigenvalue weighted by Crippen LogP contribution is -2.69. The molecule has 0 saturated heterocycles. The van der Waals surface area contributed by atoms with Crippen LogP contribution in [0.5, 0.6) is 0 Å². The van der Waals surface area contributed by atoms with Gasteiger partial charge in [0.1, 0.15) is 23.7 Å². The smallest absolute Gasteiger partial charge is 0.352 e. The predicted molar refractivity (Wildman–Crippen MR) is 150 cm³/mol. The number of hydrogen-bond acceptors (Lipinski definition) is 7. The first-order chi connectivity index (χ1) is 19.4. The standard InChI is InChI=1S/C30H36ClN3O7/c1-17-9-11-29-14-22(35)25(37)30(29,40)28(17,3)23(41-24(36)15-31)13-21(18(29)2)19-10-12-32-26(38)34(27(39)33(32)16-19)20-7-5-4-6-8-20/h4-8,10,17-18,21-23,35,40H,9,11-16H2,1-3H3/t17-,18+,21-,22+,23+,28+,29+,30-/m1/s1. The van der Waals surface area contributed by atoms with Gasteiger partial charge in [0.15, 0.2) is 5.78 Å². The summed E-state index contributed by atoms with van der Waals surface area (Å²) >= 11 is 5.85. The molecule has 0 radical (unpaired) electrons. The van der Waals surface area contributed by atoms with Crippen LogP contribution in [0.1, 0.15) is 46.5 Å². The Morgan fingerprint density at radius 3 is 2.49 bits per heavy atom. The van der Waals surface area contributed by atoms with Crippen LogP contribution in [0, 0.1) is 28.6 Å². The second kappa shape index (κ2) is 9.54. The number of nitrogens with zero attached hydrogens (tertiary/aromatic N) is 3. The summed E-state index contributed by atoms with van der Waals surface area (Å²) in [6.45, 7) is 6.06. The molecule has 0 amide bonds. The quantitative estimate of drug-likeness (QED) is 0.319. The summed E-state index contributed by atoms with van der Waals surface area (Å²) < 4.78 is 9.94. The molecule has 10 nitrogen and oxygen atoms in total. The minimum absolute atomic E-state index is 0.112. The highest BCUT2D eigenvalue weighted by Crippen LogP contribution is 2.70. The van der Waals surface area contributed by atoms with Crippen molar-refractivity contribution >= 4 is 23.4 Å². The van der Waals surface area contributed by atoms with Gasteiger partial charge in [-0.3, -0.25) is 9.59 Å². The molecule has 1 aliphatic heterocycles. The number of aliphatic hydroxyl groups is 2. The Balaban J connectivity index is 1.47. The molecule has 4 aliphatic rings. The summed E-state index contributed by atoms with van der Waals surface area (Å²) in [6, 6.07) is 8.75. The average Bonchev–Trinajstić information content (AvgIpc) is 3.34. The van der Waals surface area contributed by atoms with E-state index in [0.29, 0.717) is 24.9 Å². The molecule has 220 valence electrons. The molecule has 0 unspecified atom stereocenters. The summed E-state index contributed by atoms with van der Waals surface area (Å²) in [7, 11) is 0. The molecular weight excluding hydrogens is 550 g/mol. The van der Waals surface area contributed by atoms with Crippen molar-refractivity contribution in [2.75, 3.05) is 5.88 Å². The van der Waals surface area contributed by atoms with Gasteiger partial charge in [0, 0.05) is 10.8 Å². The largest absolute Gasteiger partial charge is 0.461 e. The van der Waals surface area contributed by atoms with Crippen molar-refractivity contribution in [3.63, 3.8) is 0 Å². The van der Waals surface area contributed by atoms with E-state index in [9.17, 15) is 29.4 Å². The second-order valence-electron chi connectivity index (χ2n) is 12.6. The third-order valence-corrected chi connectivity index (χ3v) is 11.4. The fourth-order valence-corrected chi connectivity index (χ4v) is 8.90. The van der Waals surface area contributed by atoms with Gasteiger partial charge in [-0.25, -0.2) is 23.5 Å². The van der Waals surface area contributed by atoms with Crippen LogP contribution in [0.2, 0.25) is 0 Å². The van der Waals surface area contributed by atoms with Crippen LogP contribution in [0.3, 0.4) is 0 Å². The zero-order chi connectivity index (χ0) is 29.5. The molecule has 2 aromatic rings. The number of fused-ring (bicyclic) bond motifs is 1. The lowest BCUT2D eigenvalue weighted by Gasteiger charge is -2.60. The van der Waals surface area contributed by atoms with Crippen LogP contribution in [0.15, 0.2) is 51.6 Å². The summed E-state index contributed by atoms with van der Waals surface area (Å²) in [5.74, 6) is -2.45. The van der Waals surface area contributed by atoms with Crippen molar-refractivity contribution in [3.05, 3.63) is 62.9 Å². The number of ether oxygens (including phenoxy) is 1. The van der Waals surface area contributed by atoms with E-state index >= 15 is 0 Å². The number of esters is 1. The number of carbonyl (C=O) groups excluding carboxylic acids is 2. The van der Waals surface area contributed by atoms with Gasteiger partial charge in [-0.2, -0.15) is 0 Å². The number of para-hydroxylation sites is 1. The van der Waals surface area contributed by atoms with Crippen LogP contribution in [-0.2, 0) is 27.4 Å². The van der Waals surface area contributed by atoms with Gasteiger partial charge < -0.3 is 14.9 Å². The molecule has 11 heteroatoms. The van der Waals surface area contributed by atoms with Gasteiger partial charge in [-0.15, -0.1) is 11.6 Å². The summed E-state index contributed by atoms with van der Waals surface area (Å²) in [5.41, 5.74) is -3.61. The van der Waals surface area contributed by atoms with Crippen molar-refractivity contribution < 1.29 is 24.5 Å². The molecule has 6 rings (SSSR count). The Bertz CT molecular complexity index is 1560. The van der Waals surface area contributed by atoms with Crippen molar-refractivity contribution in [1.82, 2.24) is 13.9 Å². The third-order valence-electron chi connectivity index (χ3n) is 11.2. The SMILES string of the molecule is C[C@@H]1CC[C@@]23C[C@H](O)C(=O)[C@@]2(O)[C@]1(C)[C@@H](OC(=O)CCl)C[C@@H](C1=CCn2c(=O)n(-c4ccccc4)c(=O)n2C1)[C@@H]3C. The maximum Gasteiger partial charge on any atom is 0.352 e. The van der Waals surface area contributed by atoms with E-state index in [2.05, 4.69) is 0 Å². The van der Waals surface area contributed by atoms with Crippen molar-refractivity contribution in [2.24, 2.45) is 28.6 Å². The lowest BCUT2D eigenvalue weighted by atomic mass is 9.46. The first-order valence-corrected chi connectivity index (χ1v) is 14.8. The maximum absolute atomic E-state index is 13.7. The van der Waals surface area contributed by atoms with E-state index in [4.69, 9.17) is 16.3 Å². The molecule has 3 saturated carbocycles. The van der Waals surface area contributed by atoms with E-state index in [1.165, 1.54) is 9.36 Å². The highest BCUT2D eigenvalue weighted by Gasteiger charge is 2.78. The Labute approximate surface area is 242 Å².